The van der Waals surface area contributed by atoms with Crippen LogP contribution in [-0.4, -0.2) is 32.9 Å². The normalized spacial score (nSPS) is 14.0. The molecule has 1 rings (SSSR count). The quantitative estimate of drug-likeness (QED) is 0.691. The second kappa shape index (κ2) is 9.75. The topological polar surface area (TPSA) is 56.5 Å². The second-order valence-electron chi connectivity index (χ2n) is 4.97. The van der Waals surface area contributed by atoms with Crippen LogP contribution in [0.3, 0.4) is 0 Å². The van der Waals surface area contributed by atoms with Crippen LogP contribution in [0.15, 0.2) is 24.3 Å². The van der Waals surface area contributed by atoms with Crippen molar-refractivity contribution in [2.45, 2.75) is 38.8 Å². The Labute approximate surface area is 122 Å². The summed E-state index contributed by atoms with van der Waals surface area (Å²) in [7, 11) is 1.73. The molecule has 1 aromatic carbocycles. The summed E-state index contributed by atoms with van der Waals surface area (Å²) in [6.45, 7) is 6.29. The summed E-state index contributed by atoms with van der Waals surface area (Å²) < 4.78 is 10.7. The molecule has 2 atom stereocenters. The first-order valence-electron chi connectivity index (χ1n) is 7.39. The molecule has 1 aromatic rings. The number of methoxy groups -OCH3 is 1. The summed E-state index contributed by atoms with van der Waals surface area (Å²) in [6, 6.07) is 8.86. The van der Waals surface area contributed by atoms with Crippen LogP contribution in [0.5, 0.6) is 5.75 Å². The second-order valence-corrected chi connectivity index (χ2v) is 4.97. The van der Waals surface area contributed by atoms with Crippen molar-refractivity contribution in [2.75, 3.05) is 26.9 Å². The zero-order valence-corrected chi connectivity index (χ0v) is 12.9. The van der Waals surface area contributed by atoms with Crippen LogP contribution in [0.4, 0.5) is 0 Å². The van der Waals surface area contributed by atoms with E-state index in [2.05, 4.69) is 24.4 Å². The number of ether oxygens (including phenoxy) is 2. The van der Waals surface area contributed by atoms with Gasteiger partial charge in [0.1, 0.15) is 5.75 Å². The molecule has 0 amide bonds. The standard InChI is InChI=1S/C16H28N2O2/c1-4-20-16-9-7-14(8-10-16)13(2)18-15(12-19-3)6-5-11-17/h7-10,13,15,18H,4-6,11-12,17H2,1-3H3. The Balaban J connectivity index is 2.55. The number of hydrogen-bond donors (Lipinski definition) is 2. The van der Waals surface area contributed by atoms with Crippen molar-refractivity contribution in [3.8, 4) is 5.75 Å². The first-order chi connectivity index (χ1) is 9.71. The molecule has 114 valence electrons. The average Bonchev–Trinajstić information content (AvgIpc) is 2.46. The van der Waals surface area contributed by atoms with E-state index in [0.717, 1.165) is 25.1 Å². The maximum Gasteiger partial charge on any atom is 0.119 e. The van der Waals surface area contributed by atoms with Gasteiger partial charge >= 0.3 is 0 Å². The largest absolute Gasteiger partial charge is 0.494 e. The molecule has 0 saturated heterocycles. The third-order valence-electron chi connectivity index (χ3n) is 3.30. The van der Waals surface area contributed by atoms with Crippen LogP contribution < -0.4 is 15.8 Å². The van der Waals surface area contributed by atoms with Crippen LogP contribution in [0.1, 0.15) is 38.3 Å². The van der Waals surface area contributed by atoms with Gasteiger partial charge in [0.2, 0.25) is 0 Å². The smallest absolute Gasteiger partial charge is 0.119 e. The van der Waals surface area contributed by atoms with E-state index in [1.807, 2.05) is 19.1 Å². The van der Waals surface area contributed by atoms with Crippen LogP contribution >= 0.6 is 0 Å². The number of nitrogens with one attached hydrogen (secondary N) is 1. The van der Waals surface area contributed by atoms with Gasteiger partial charge in [-0.2, -0.15) is 0 Å². The molecule has 0 aliphatic carbocycles. The fourth-order valence-electron chi connectivity index (χ4n) is 2.25. The maximum atomic E-state index is 5.58. The number of benzene rings is 1. The number of rotatable bonds is 10. The maximum absolute atomic E-state index is 5.58. The average molecular weight is 280 g/mol. The van der Waals surface area contributed by atoms with Gasteiger partial charge in [0, 0.05) is 19.2 Å². The van der Waals surface area contributed by atoms with Crippen molar-refractivity contribution < 1.29 is 9.47 Å². The van der Waals surface area contributed by atoms with E-state index in [9.17, 15) is 0 Å². The molecule has 0 bridgehead atoms. The first kappa shape index (κ1) is 17.0. The predicted molar refractivity (Wildman–Crippen MR) is 83.1 cm³/mol. The van der Waals surface area contributed by atoms with E-state index >= 15 is 0 Å². The van der Waals surface area contributed by atoms with Crippen molar-refractivity contribution in [3.05, 3.63) is 29.8 Å². The van der Waals surface area contributed by atoms with E-state index in [0.29, 0.717) is 19.3 Å². The summed E-state index contributed by atoms with van der Waals surface area (Å²) >= 11 is 0. The fourth-order valence-corrected chi connectivity index (χ4v) is 2.25. The summed E-state index contributed by atoms with van der Waals surface area (Å²) in [6.07, 6.45) is 2.04. The van der Waals surface area contributed by atoms with E-state index in [4.69, 9.17) is 15.2 Å². The molecule has 3 N–H and O–H groups in total. The van der Waals surface area contributed by atoms with Crippen LogP contribution in [0, 0.1) is 0 Å². The minimum atomic E-state index is 0.281. The van der Waals surface area contributed by atoms with Crippen LogP contribution in [0.2, 0.25) is 0 Å². The van der Waals surface area contributed by atoms with Gasteiger partial charge in [0.05, 0.1) is 13.2 Å². The molecule has 2 unspecified atom stereocenters. The lowest BCUT2D eigenvalue weighted by atomic mass is 10.1. The Morgan fingerprint density at radius 2 is 1.95 bits per heavy atom. The summed E-state index contributed by atoms with van der Waals surface area (Å²) in [5.41, 5.74) is 6.83. The highest BCUT2D eigenvalue weighted by molar-refractivity contribution is 5.29. The highest BCUT2D eigenvalue weighted by Crippen LogP contribution is 2.18. The van der Waals surface area contributed by atoms with E-state index in [1.54, 1.807) is 7.11 Å². The predicted octanol–water partition coefficient (Wildman–Crippen LogP) is 2.49. The molecule has 0 spiro atoms. The monoisotopic (exact) mass is 280 g/mol. The van der Waals surface area contributed by atoms with Gasteiger partial charge in [0.25, 0.3) is 0 Å². The van der Waals surface area contributed by atoms with E-state index in [1.165, 1.54) is 5.56 Å². The number of nitrogens with two attached hydrogens (primary N) is 1. The molecular formula is C16H28N2O2. The van der Waals surface area contributed by atoms with Gasteiger partial charge in [0.15, 0.2) is 0 Å². The first-order valence-corrected chi connectivity index (χ1v) is 7.39. The lowest BCUT2D eigenvalue weighted by Crippen LogP contribution is -2.35. The molecule has 0 aromatic heterocycles. The minimum Gasteiger partial charge on any atom is -0.494 e. The molecule has 4 heteroatoms. The highest BCUT2D eigenvalue weighted by atomic mass is 16.5. The Kier molecular flexibility index (Phi) is 8.26. The van der Waals surface area contributed by atoms with E-state index in [-0.39, 0.29) is 6.04 Å². The summed E-state index contributed by atoms with van der Waals surface area (Å²) in [4.78, 5) is 0. The highest BCUT2D eigenvalue weighted by Gasteiger charge is 2.13. The Hall–Kier alpha value is -1.10. The summed E-state index contributed by atoms with van der Waals surface area (Å²) in [5.74, 6) is 0.917. The van der Waals surface area contributed by atoms with Crippen LogP contribution in [-0.2, 0) is 4.74 Å². The van der Waals surface area contributed by atoms with Crippen molar-refractivity contribution in [1.82, 2.24) is 5.32 Å². The molecule has 0 fully saturated rings. The van der Waals surface area contributed by atoms with Gasteiger partial charge in [-0.25, -0.2) is 0 Å². The molecule has 0 saturated carbocycles. The minimum absolute atomic E-state index is 0.281. The zero-order chi connectivity index (χ0) is 14.8. The van der Waals surface area contributed by atoms with Gasteiger partial charge < -0.3 is 20.5 Å². The van der Waals surface area contributed by atoms with Crippen molar-refractivity contribution in [3.63, 3.8) is 0 Å². The summed E-state index contributed by atoms with van der Waals surface area (Å²) in [5, 5.41) is 3.60. The molecule has 0 aliphatic heterocycles. The molecule has 0 radical (unpaired) electrons. The number of hydrogen-bond acceptors (Lipinski definition) is 4. The third-order valence-corrected chi connectivity index (χ3v) is 3.30. The Morgan fingerprint density at radius 3 is 2.50 bits per heavy atom. The lowest BCUT2D eigenvalue weighted by molar-refractivity contribution is 0.156. The zero-order valence-electron chi connectivity index (χ0n) is 12.9. The fraction of sp³-hybridized carbons (Fsp3) is 0.625. The molecule has 0 aliphatic rings. The van der Waals surface area contributed by atoms with Gasteiger partial charge in [-0.05, 0) is 50.9 Å². The Bertz CT molecular complexity index is 354. The molecule has 4 nitrogen and oxygen atoms in total. The van der Waals surface area contributed by atoms with Gasteiger partial charge in [-0.3, -0.25) is 0 Å². The SMILES string of the molecule is CCOc1ccc(C(C)NC(CCCN)COC)cc1. The molecule has 0 heterocycles. The molecular weight excluding hydrogens is 252 g/mol. The van der Waals surface area contributed by atoms with Crippen LogP contribution in [0.25, 0.3) is 0 Å². The van der Waals surface area contributed by atoms with E-state index < -0.39 is 0 Å². The van der Waals surface area contributed by atoms with Gasteiger partial charge in [-0.1, -0.05) is 12.1 Å². The van der Waals surface area contributed by atoms with Crippen molar-refractivity contribution >= 4 is 0 Å². The third kappa shape index (κ3) is 5.90. The Morgan fingerprint density at radius 1 is 1.25 bits per heavy atom. The van der Waals surface area contributed by atoms with Gasteiger partial charge in [-0.15, -0.1) is 0 Å². The lowest BCUT2D eigenvalue weighted by Gasteiger charge is -2.23. The van der Waals surface area contributed by atoms with Crippen molar-refractivity contribution in [2.24, 2.45) is 5.73 Å². The molecule has 20 heavy (non-hydrogen) atoms. The van der Waals surface area contributed by atoms with Crippen molar-refractivity contribution in [1.29, 1.82) is 0 Å².